The van der Waals surface area contributed by atoms with Crippen LogP contribution < -0.4 is 11.1 Å². The zero-order chi connectivity index (χ0) is 12.1. The topological polar surface area (TPSA) is 38.0 Å². The van der Waals surface area contributed by atoms with Gasteiger partial charge in [-0.1, -0.05) is 31.2 Å². The number of benzene rings is 1. The zero-order valence-electron chi connectivity index (χ0n) is 10.8. The lowest BCUT2D eigenvalue weighted by Gasteiger charge is -2.14. The van der Waals surface area contributed by atoms with Crippen molar-refractivity contribution in [3.8, 4) is 0 Å². The van der Waals surface area contributed by atoms with Crippen molar-refractivity contribution in [2.45, 2.75) is 45.2 Å². The van der Waals surface area contributed by atoms with Crippen molar-refractivity contribution >= 4 is 0 Å². The average molecular weight is 232 g/mol. The van der Waals surface area contributed by atoms with Crippen molar-refractivity contribution in [1.82, 2.24) is 5.32 Å². The van der Waals surface area contributed by atoms with Gasteiger partial charge in [-0.15, -0.1) is 0 Å². The van der Waals surface area contributed by atoms with Crippen LogP contribution in [0.5, 0.6) is 0 Å². The molecule has 1 aliphatic rings. The quantitative estimate of drug-likeness (QED) is 0.818. The lowest BCUT2D eigenvalue weighted by molar-refractivity contribution is 0.501. The highest BCUT2D eigenvalue weighted by Crippen LogP contribution is 2.25. The molecule has 0 aromatic heterocycles. The molecule has 1 aromatic carbocycles. The number of rotatable bonds is 5. The van der Waals surface area contributed by atoms with Gasteiger partial charge in [-0.3, -0.25) is 0 Å². The SMILES string of the molecule is CC1CCC(NCc2ccccc2CCN)C1. The van der Waals surface area contributed by atoms with Crippen molar-refractivity contribution in [2.75, 3.05) is 6.54 Å². The van der Waals surface area contributed by atoms with E-state index in [1.807, 2.05) is 0 Å². The first-order valence-electron chi connectivity index (χ1n) is 6.80. The predicted octanol–water partition coefficient (Wildman–Crippen LogP) is 2.47. The molecule has 94 valence electrons. The van der Waals surface area contributed by atoms with Crippen molar-refractivity contribution in [2.24, 2.45) is 11.7 Å². The van der Waals surface area contributed by atoms with Gasteiger partial charge in [0.1, 0.15) is 0 Å². The lowest BCUT2D eigenvalue weighted by Crippen LogP contribution is -2.26. The molecule has 1 aromatic rings. The monoisotopic (exact) mass is 232 g/mol. The maximum atomic E-state index is 5.65. The Balaban J connectivity index is 1.89. The van der Waals surface area contributed by atoms with Gasteiger partial charge >= 0.3 is 0 Å². The van der Waals surface area contributed by atoms with Gasteiger partial charge in [0.15, 0.2) is 0 Å². The molecule has 0 bridgehead atoms. The molecule has 0 saturated heterocycles. The van der Waals surface area contributed by atoms with Gasteiger partial charge in [-0.25, -0.2) is 0 Å². The first-order chi connectivity index (χ1) is 8.29. The summed E-state index contributed by atoms with van der Waals surface area (Å²) in [6.45, 7) is 4.08. The molecule has 1 aliphatic carbocycles. The second-order valence-electron chi connectivity index (χ2n) is 5.30. The van der Waals surface area contributed by atoms with Gasteiger partial charge in [0.2, 0.25) is 0 Å². The summed E-state index contributed by atoms with van der Waals surface area (Å²) in [7, 11) is 0. The van der Waals surface area contributed by atoms with Crippen LogP contribution in [0.1, 0.15) is 37.3 Å². The third kappa shape index (κ3) is 3.55. The van der Waals surface area contributed by atoms with Gasteiger partial charge in [0, 0.05) is 12.6 Å². The Morgan fingerprint density at radius 3 is 2.65 bits per heavy atom. The minimum Gasteiger partial charge on any atom is -0.330 e. The van der Waals surface area contributed by atoms with Crippen LogP contribution in [0.25, 0.3) is 0 Å². The maximum absolute atomic E-state index is 5.65. The number of nitrogens with one attached hydrogen (secondary N) is 1. The van der Waals surface area contributed by atoms with E-state index in [2.05, 4.69) is 36.5 Å². The third-order valence-electron chi connectivity index (χ3n) is 3.81. The Morgan fingerprint density at radius 1 is 1.24 bits per heavy atom. The van der Waals surface area contributed by atoms with Crippen molar-refractivity contribution in [3.63, 3.8) is 0 Å². The van der Waals surface area contributed by atoms with E-state index in [1.54, 1.807) is 0 Å². The van der Waals surface area contributed by atoms with Crippen LogP contribution in [0, 0.1) is 5.92 Å². The second-order valence-corrected chi connectivity index (χ2v) is 5.30. The Kier molecular flexibility index (Phi) is 4.57. The van der Waals surface area contributed by atoms with Crippen LogP contribution in [0.15, 0.2) is 24.3 Å². The molecule has 2 nitrogen and oxygen atoms in total. The van der Waals surface area contributed by atoms with Crippen LogP contribution in [-0.4, -0.2) is 12.6 Å². The number of hydrogen-bond acceptors (Lipinski definition) is 2. The molecular weight excluding hydrogens is 208 g/mol. The summed E-state index contributed by atoms with van der Waals surface area (Å²) in [5.41, 5.74) is 8.46. The highest BCUT2D eigenvalue weighted by atomic mass is 14.9. The summed E-state index contributed by atoms with van der Waals surface area (Å²) >= 11 is 0. The lowest BCUT2D eigenvalue weighted by atomic mass is 10.0. The normalized spacial score (nSPS) is 24.1. The van der Waals surface area contributed by atoms with E-state index < -0.39 is 0 Å². The molecule has 3 N–H and O–H groups in total. The van der Waals surface area contributed by atoms with E-state index in [0.717, 1.165) is 31.5 Å². The molecule has 2 rings (SSSR count). The molecule has 1 fully saturated rings. The van der Waals surface area contributed by atoms with Gasteiger partial charge in [-0.2, -0.15) is 0 Å². The Hall–Kier alpha value is -0.860. The smallest absolute Gasteiger partial charge is 0.0210 e. The Morgan fingerprint density at radius 2 is 2.00 bits per heavy atom. The van der Waals surface area contributed by atoms with Crippen molar-refractivity contribution in [3.05, 3.63) is 35.4 Å². The highest BCUT2D eigenvalue weighted by Gasteiger charge is 2.20. The molecule has 2 unspecified atom stereocenters. The molecule has 2 atom stereocenters. The minimum absolute atomic E-state index is 0.718. The van der Waals surface area contributed by atoms with Crippen LogP contribution in [-0.2, 0) is 13.0 Å². The Bertz CT molecular complexity index is 349. The summed E-state index contributed by atoms with van der Waals surface area (Å²) in [6.07, 6.45) is 5.03. The fraction of sp³-hybridized carbons (Fsp3) is 0.600. The summed E-state index contributed by atoms with van der Waals surface area (Å²) in [5.74, 6) is 0.895. The minimum atomic E-state index is 0.718. The van der Waals surface area contributed by atoms with Gasteiger partial charge in [0.25, 0.3) is 0 Å². The van der Waals surface area contributed by atoms with E-state index in [-0.39, 0.29) is 0 Å². The van der Waals surface area contributed by atoms with E-state index in [9.17, 15) is 0 Å². The van der Waals surface area contributed by atoms with E-state index >= 15 is 0 Å². The summed E-state index contributed by atoms with van der Waals surface area (Å²) in [6, 6.07) is 9.36. The molecule has 1 saturated carbocycles. The standard InChI is InChI=1S/C15H24N2/c1-12-6-7-15(10-12)17-11-14-5-3-2-4-13(14)8-9-16/h2-5,12,15,17H,6-11,16H2,1H3. The second kappa shape index (κ2) is 6.18. The van der Waals surface area contributed by atoms with Gasteiger partial charge < -0.3 is 11.1 Å². The van der Waals surface area contributed by atoms with Crippen LogP contribution in [0.4, 0.5) is 0 Å². The number of nitrogens with two attached hydrogens (primary N) is 1. The molecule has 2 heteroatoms. The summed E-state index contributed by atoms with van der Waals surface area (Å²) in [5, 5.41) is 3.69. The number of hydrogen-bond donors (Lipinski definition) is 2. The van der Waals surface area contributed by atoms with Gasteiger partial charge in [-0.05, 0) is 49.3 Å². The first kappa shape index (κ1) is 12.6. The van der Waals surface area contributed by atoms with Crippen LogP contribution in [0.2, 0.25) is 0 Å². The van der Waals surface area contributed by atoms with E-state index in [4.69, 9.17) is 5.73 Å². The van der Waals surface area contributed by atoms with Gasteiger partial charge in [0.05, 0.1) is 0 Å². The Labute approximate surface area is 105 Å². The van der Waals surface area contributed by atoms with Crippen molar-refractivity contribution in [1.29, 1.82) is 0 Å². The zero-order valence-corrected chi connectivity index (χ0v) is 10.8. The van der Waals surface area contributed by atoms with E-state index in [1.165, 1.54) is 30.4 Å². The maximum Gasteiger partial charge on any atom is 0.0210 e. The fourth-order valence-electron chi connectivity index (χ4n) is 2.78. The molecule has 0 amide bonds. The average Bonchev–Trinajstić information content (AvgIpc) is 2.74. The van der Waals surface area contributed by atoms with Crippen LogP contribution in [0.3, 0.4) is 0 Å². The summed E-state index contributed by atoms with van der Waals surface area (Å²) in [4.78, 5) is 0. The molecule has 0 radical (unpaired) electrons. The highest BCUT2D eigenvalue weighted by molar-refractivity contribution is 5.27. The van der Waals surface area contributed by atoms with Crippen molar-refractivity contribution < 1.29 is 0 Å². The first-order valence-corrected chi connectivity index (χ1v) is 6.80. The fourth-order valence-corrected chi connectivity index (χ4v) is 2.78. The molecule has 0 spiro atoms. The molecule has 0 aliphatic heterocycles. The van der Waals surface area contributed by atoms with Crippen LogP contribution >= 0.6 is 0 Å². The third-order valence-corrected chi connectivity index (χ3v) is 3.81. The molecule has 17 heavy (non-hydrogen) atoms. The molecule has 0 heterocycles. The summed E-state index contributed by atoms with van der Waals surface area (Å²) < 4.78 is 0. The largest absolute Gasteiger partial charge is 0.330 e. The van der Waals surface area contributed by atoms with E-state index in [0.29, 0.717) is 0 Å². The molecular formula is C15H24N2. The predicted molar refractivity (Wildman–Crippen MR) is 72.8 cm³/mol.